The van der Waals surface area contributed by atoms with Crippen molar-refractivity contribution in [2.75, 3.05) is 44.8 Å². The highest BCUT2D eigenvalue weighted by Crippen LogP contribution is 2.43. The van der Waals surface area contributed by atoms with Crippen LogP contribution in [0.1, 0.15) is 57.9 Å². The second kappa shape index (κ2) is 12.0. The molecule has 0 aliphatic carbocycles. The van der Waals surface area contributed by atoms with E-state index in [0.717, 1.165) is 38.6 Å². The van der Waals surface area contributed by atoms with Gasteiger partial charge in [0.15, 0.2) is 5.82 Å². The van der Waals surface area contributed by atoms with Gasteiger partial charge in [0.2, 0.25) is 0 Å². The summed E-state index contributed by atoms with van der Waals surface area (Å²) < 4.78 is 58.7. The molecule has 12 heteroatoms. The predicted octanol–water partition coefficient (Wildman–Crippen LogP) is 5.89. The van der Waals surface area contributed by atoms with Gasteiger partial charge in [-0.1, -0.05) is 12.0 Å². The lowest BCUT2D eigenvalue weighted by Gasteiger charge is -2.45. The summed E-state index contributed by atoms with van der Waals surface area (Å²) in [5.41, 5.74) is -1.19. The van der Waals surface area contributed by atoms with Crippen LogP contribution >= 0.6 is 0 Å². The number of hydrogen-bond donors (Lipinski definition) is 2. The van der Waals surface area contributed by atoms with Gasteiger partial charge in [0.05, 0.1) is 22.1 Å². The van der Waals surface area contributed by atoms with E-state index in [-0.39, 0.29) is 63.3 Å². The number of halogens is 3. The van der Waals surface area contributed by atoms with Gasteiger partial charge in [-0.3, -0.25) is 9.88 Å². The first kappa shape index (κ1) is 33.0. The van der Waals surface area contributed by atoms with Crippen molar-refractivity contribution in [2.45, 2.75) is 81.3 Å². The molecule has 2 aromatic heterocycles. The fourth-order valence-corrected chi connectivity index (χ4v) is 9.14. The number of fused-ring (bicyclic) bond motifs is 5. The van der Waals surface area contributed by atoms with E-state index in [2.05, 4.69) is 44.9 Å². The number of ether oxygens (including phenoxy) is 2. The number of hydrogen-bond acceptors (Lipinski definition) is 9. The van der Waals surface area contributed by atoms with Crippen LogP contribution in [0, 0.1) is 24.0 Å². The molecule has 262 valence electrons. The largest absolute Gasteiger partial charge is 0.508 e. The molecule has 0 spiro atoms. The highest BCUT2D eigenvalue weighted by atomic mass is 19.1. The molecule has 50 heavy (non-hydrogen) atoms. The average molecular weight is 687 g/mol. The molecule has 2 unspecified atom stereocenters. The minimum absolute atomic E-state index is 0.0136. The molecule has 4 fully saturated rings. The number of terminal acetylenes is 1. The summed E-state index contributed by atoms with van der Waals surface area (Å²) in [4.78, 5) is 18.4. The minimum Gasteiger partial charge on any atom is -0.508 e. The zero-order valence-electron chi connectivity index (χ0n) is 28.5. The highest BCUT2D eigenvalue weighted by molar-refractivity contribution is 6.03. The first-order chi connectivity index (χ1) is 23.9. The van der Waals surface area contributed by atoms with Gasteiger partial charge in [0.25, 0.3) is 0 Å². The van der Waals surface area contributed by atoms with Crippen molar-refractivity contribution in [3.63, 3.8) is 0 Å². The summed E-state index contributed by atoms with van der Waals surface area (Å²) in [5, 5.41) is 15.5. The van der Waals surface area contributed by atoms with Gasteiger partial charge in [-0.15, -0.1) is 6.42 Å². The van der Waals surface area contributed by atoms with Crippen LogP contribution in [0.2, 0.25) is 0 Å². The number of aromatic hydroxyl groups is 1. The summed E-state index contributed by atoms with van der Waals surface area (Å²) >= 11 is 0. The van der Waals surface area contributed by atoms with Crippen LogP contribution in [-0.2, 0) is 4.74 Å². The zero-order chi connectivity index (χ0) is 35.0. The Morgan fingerprint density at radius 3 is 2.82 bits per heavy atom. The second-order valence-electron chi connectivity index (χ2n) is 15.2. The Morgan fingerprint density at radius 2 is 2.02 bits per heavy atom. The molecular weight excluding hydrogens is 645 g/mol. The predicted molar refractivity (Wildman–Crippen MR) is 185 cm³/mol. The number of pyridine rings is 1. The van der Waals surface area contributed by atoms with E-state index in [1.54, 1.807) is 7.11 Å². The number of methoxy groups -OCH3 is 1. The molecule has 0 radical (unpaired) electrons. The van der Waals surface area contributed by atoms with Crippen LogP contribution < -0.4 is 15.0 Å². The van der Waals surface area contributed by atoms with E-state index in [1.165, 1.54) is 30.5 Å². The lowest BCUT2D eigenvalue weighted by molar-refractivity contribution is -0.00723. The van der Waals surface area contributed by atoms with Crippen molar-refractivity contribution >= 4 is 27.5 Å². The molecule has 4 atom stereocenters. The third-order valence-electron chi connectivity index (χ3n) is 11.4. The molecular formula is C38H41F3N6O3. The third-order valence-corrected chi connectivity index (χ3v) is 11.4. The molecule has 4 aliphatic rings. The Morgan fingerprint density at radius 1 is 1.18 bits per heavy atom. The lowest BCUT2D eigenvalue weighted by atomic mass is 9.84. The fourth-order valence-electron chi connectivity index (χ4n) is 9.14. The molecule has 9 nitrogen and oxygen atoms in total. The maximum Gasteiger partial charge on any atom is 0.319 e. The van der Waals surface area contributed by atoms with Crippen molar-refractivity contribution in [3.05, 3.63) is 47.7 Å². The normalized spacial score (nSPS) is 26.5. The van der Waals surface area contributed by atoms with Crippen LogP contribution in [-0.4, -0.2) is 93.7 Å². The van der Waals surface area contributed by atoms with Gasteiger partial charge in [-0.25, -0.2) is 13.2 Å². The zero-order valence-corrected chi connectivity index (χ0v) is 28.5. The number of rotatable bonds is 8. The summed E-state index contributed by atoms with van der Waals surface area (Å²) in [6.45, 7) is 6.72. The van der Waals surface area contributed by atoms with Gasteiger partial charge >= 0.3 is 6.01 Å². The molecule has 6 heterocycles. The maximum atomic E-state index is 17.1. The van der Waals surface area contributed by atoms with E-state index in [1.807, 2.05) is 0 Å². The smallest absolute Gasteiger partial charge is 0.319 e. The number of phenols is 1. The number of anilines is 1. The van der Waals surface area contributed by atoms with Gasteiger partial charge in [0, 0.05) is 61.9 Å². The molecule has 2 bridgehead atoms. The van der Waals surface area contributed by atoms with Crippen LogP contribution in [0.25, 0.3) is 32.9 Å². The Labute approximate surface area is 289 Å². The van der Waals surface area contributed by atoms with Crippen molar-refractivity contribution in [2.24, 2.45) is 0 Å². The number of aromatic nitrogens is 3. The Bertz CT molecular complexity index is 2050. The fraction of sp³-hybridized carbons (Fsp3) is 0.500. The first-order valence-corrected chi connectivity index (χ1v) is 17.3. The Balaban J connectivity index is 1.27. The topological polar surface area (TPSA) is 95.9 Å². The van der Waals surface area contributed by atoms with Gasteiger partial charge in [-0.2, -0.15) is 9.97 Å². The second-order valence-corrected chi connectivity index (χ2v) is 15.2. The number of nitrogens with one attached hydrogen (secondary N) is 1. The van der Waals surface area contributed by atoms with Crippen molar-refractivity contribution in [3.8, 4) is 35.4 Å². The summed E-state index contributed by atoms with van der Waals surface area (Å²) in [7, 11) is 1.72. The third kappa shape index (κ3) is 5.50. The van der Waals surface area contributed by atoms with Crippen LogP contribution in [0.4, 0.5) is 19.0 Å². The van der Waals surface area contributed by atoms with E-state index in [9.17, 15) is 13.9 Å². The molecule has 2 aromatic carbocycles. The van der Waals surface area contributed by atoms with Crippen molar-refractivity contribution < 1.29 is 27.8 Å². The van der Waals surface area contributed by atoms with Crippen molar-refractivity contribution in [1.29, 1.82) is 0 Å². The van der Waals surface area contributed by atoms with Gasteiger partial charge in [0.1, 0.15) is 41.4 Å². The first-order valence-electron chi connectivity index (χ1n) is 17.3. The lowest BCUT2D eigenvalue weighted by Crippen LogP contribution is -2.62. The number of benzene rings is 2. The highest BCUT2D eigenvalue weighted by Gasteiger charge is 2.50. The van der Waals surface area contributed by atoms with Crippen LogP contribution in [0.5, 0.6) is 11.8 Å². The minimum atomic E-state index is -0.934. The van der Waals surface area contributed by atoms with E-state index < -0.39 is 23.3 Å². The maximum absolute atomic E-state index is 17.1. The number of phenolic OH excluding ortho intramolecular Hbond substituents is 1. The quantitative estimate of drug-likeness (QED) is 0.220. The van der Waals surface area contributed by atoms with Gasteiger partial charge < -0.3 is 24.8 Å². The molecule has 4 aromatic rings. The molecule has 8 rings (SSSR count). The summed E-state index contributed by atoms with van der Waals surface area (Å²) in [5.74, 6) is 1.29. The van der Waals surface area contributed by atoms with Crippen LogP contribution in [0.3, 0.4) is 0 Å². The number of nitrogens with zero attached hydrogens (tertiary/aromatic N) is 5. The van der Waals surface area contributed by atoms with Crippen LogP contribution in [0.15, 0.2) is 30.5 Å². The summed E-state index contributed by atoms with van der Waals surface area (Å²) in [6.07, 6.45) is 11.1. The summed E-state index contributed by atoms with van der Waals surface area (Å²) in [6, 6.07) is 5.65. The Kier molecular flexibility index (Phi) is 7.89. The molecule has 0 amide bonds. The Hall–Kier alpha value is -4.18. The monoisotopic (exact) mass is 686 g/mol. The molecule has 2 N–H and O–H groups in total. The van der Waals surface area contributed by atoms with E-state index in [0.29, 0.717) is 42.6 Å². The van der Waals surface area contributed by atoms with E-state index >= 15 is 4.39 Å². The number of alkyl halides is 1. The standard InChI is InChI=1S/C38H41F3N6O3/c1-5-26-29(40)8-7-22-13-25(48)14-27(30(22)26)32-31(41)33-28(16-42-32)34(46-18-24-9-11-37(20-46,45-24)19-36(2,3)49-4)44-35(43-33)50-21-38-10-6-12-47(38)17-23(39)15-38/h1,7-8,13-14,16,23-24,45,48H,6,9-12,15,17-21H2,2-4H3/t23-,24?,37?,38+/m1/s1. The SMILES string of the molecule is C#Cc1c(F)ccc2cc(O)cc(-c3ncc4c(N5CC6CCC(CC(C)(C)OC)(C5)N6)nc(OC[C@@]56CCCN5C[C@H](F)C6)nc4c3F)c12. The average Bonchev–Trinajstić information content (AvgIpc) is 3.71. The van der Waals surface area contributed by atoms with Crippen molar-refractivity contribution in [1.82, 2.24) is 25.2 Å². The number of piperazine rings is 1. The molecule has 4 aliphatic heterocycles. The van der Waals surface area contributed by atoms with E-state index in [4.69, 9.17) is 20.9 Å². The molecule has 4 saturated heterocycles. The molecule has 0 saturated carbocycles. The van der Waals surface area contributed by atoms with Gasteiger partial charge in [-0.05, 0) is 76.1 Å².